The average molecular weight is 468 g/mol. The molecule has 4 aromatic rings. The van der Waals surface area contributed by atoms with Crippen molar-refractivity contribution in [3.63, 3.8) is 0 Å². The first-order valence-corrected chi connectivity index (χ1v) is 12.2. The van der Waals surface area contributed by atoms with Gasteiger partial charge in [0, 0.05) is 34.4 Å². The molecule has 158 valence electrons. The number of carbonyl (C=O) groups excluding carboxylic acids is 1. The molecular formula is C22H21N5OS3. The standard InChI is InChI=1S/C22H21N5OS3/c1-14-4-3-5-16(12-14)20-25-26-22(29)27(20)11-10-19(28)24-21-23-18(13-31-21)15-6-8-17(30-2)9-7-15/h3-9,12-13H,10-11H2,1-2H3,(H,26,29)(H,23,24,28). The molecular weight excluding hydrogens is 446 g/mol. The molecule has 2 aromatic heterocycles. The number of nitrogens with one attached hydrogen (secondary N) is 2. The Morgan fingerprint density at radius 1 is 1.23 bits per heavy atom. The largest absolute Gasteiger partial charge is 0.302 e. The summed E-state index contributed by atoms with van der Waals surface area (Å²) in [4.78, 5) is 18.3. The second kappa shape index (κ2) is 9.59. The lowest BCUT2D eigenvalue weighted by molar-refractivity contribution is -0.116. The molecule has 0 aliphatic heterocycles. The van der Waals surface area contributed by atoms with Crippen molar-refractivity contribution < 1.29 is 4.79 Å². The monoisotopic (exact) mass is 467 g/mol. The van der Waals surface area contributed by atoms with Gasteiger partial charge < -0.3 is 5.32 Å². The van der Waals surface area contributed by atoms with Gasteiger partial charge in [0.15, 0.2) is 15.7 Å². The molecule has 0 aliphatic rings. The van der Waals surface area contributed by atoms with Crippen LogP contribution < -0.4 is 5.32 Å². The number of anilines is 1. The van der Waals surface area contributed by atoms with Crippen molar-refractivity contribution in [2.75, 3.05) is 11.6 Å². The van der Waals surface area contributed by atoms with Crippen LogP contribution in [0.4, 0.5) is 5.13 Å². The number of nitrogens with zero attached hydrogens (tertiary/aromatic N) is 3. The molecule has 1 amide bonds. The van der Waals surface area contributed by atoms with Crippen LogP contribution in [0.2, 0.25) is 0 Å². The number of aryl methyl sites for hydroxylation is 1. The van der Waals surface area contributed by atoms with Crippen molar-refractivity contribution in [3.8, 4) is 22.6 Å². The van der Waals surface area contributed by atoms with E-state index < -0.39 is 0 Å². The van der Waals surface area contributed by atoms with Crippen molar-refractivity contribution >= 4 is 46.4 Å². The third-order valence-electron chi connectivity index (χ3n) is 4.73. The van der Waals surface area contributed by atoms with Crippen molar-refractivity contribution in [2.24, 2.45) is 0 Å². The van der Waals surface area contributed by atoms with Gasteiger partial charge in [0.25, 0.3) is 0 Å². The zero-order chi connectivity index (χ0) is 21.8. The Labute approximate surface area is 193 Å². The Bertz CT molecular complexity index is 1260. The molecule has 31 heavy (non-hydrogen) atoms. The fraction of sp³-hybridized carbons (Fsp3) is 0.182. The number of carbonyl (C=O) groups is 1. The molecule has 0 radical (unpaired) electrons. The number of aromatic nitrogens is 4. The number of thioether (sulfide) groups is 1. The number of benzene rings is 2. The lowest BCUT2D eigenvalue weighted by atomic mass is 10.1. The number of H-pyrrole nitrogens is 1. The van der Waals surface area contributed by atoms with Gasteiger partial charge in [0.2, 0.25) is 5.91 Å². The van der Waals surface area contributed by atoms with Gasteiger partial charge in [0.1, 0.15) is 0 Å². The zero-order valence-electron chi connectivity index (χ0n) is 17.1. The van der Waals surface area contributed by atoms with E-state index in [4.69, 9.17) is 12.2 Å². The summed E-state index contributed by atoms with van der Waals surface area (Å²) < 4.78 is 2.35. The van der Waals surface area contributed by atoms with E-state index >= 15 is 0 Å². The van der Waals surface area contributed by atoms with Gasteiger partial charge in [-0.05, 0) is 43.6 Å². The fourth-order valence-electron chi connectivity index (χ4n) is 3.15. The number of hydrogen-bond acceptors (Lipinski definition) is 6. The van der Waals surface area contributed by atoms with Crippen LogP contribution in [0.5, 0.6) is 0 Å². The van der Waals surface area contributed by atoms with Gasteiger partial charge in [-0.25, -0.2) is 4.98 Å². The number of aromatic amines is 1. The predicted molar refractivity (Wildman–Crippen MR) is 130 cm³/mol. The summed E-state index contributed by atoms with van der Waals surface area (Å²) in [5.41, 5.74) is 3.98. The molecule has 0 saturated heterocycles. The molecule has 2 heterocycles. The SMILES string of the molecule is CSc1ccc(-c2csc(NC(=O)CCn3c(-c4cccc(C)c4)n[nH]c3=S)n2)cc1. The number of hydrogen-bond donors (Lipinski definition) is 2. The summed E-state index contributed by atoms with van der Waals surface area (Å²) in [6, 6.07) is 16.3. The van der Waals surface area contributed by atoms with E-state index in [9.17, 15) is 4.79 Å². The van der Waals surface area contributed by atoms with Gasteiger partial charge in [-0.15, -0.1) is 23.1 Å². The van der Waals surface area contributed by atoms with E-state index in [0.29, 0.717) is 16.4 Å². The number of thiazole rings is 1. The average Bonchev–Trinajstić information content (AvgIpc) is 3.39. The second-order valence-electron chi connectivity index (χ2n) is 6.94. The Balaban J connectivity index is 1.41. The maximum Gasteiger partial charge on any atom is 0.227 e. The van der Waals surface area contributed by atoms with Gasteiger partial charge in [-0.2, -0.15) is 5.10 Å². The smallest absolute Gasteiger partial charge is 0.227 e. The molecule has 0 unspecified atom stereocenters. The molecule has 2 N–H and O–H groups in total. The second-order valence-corrected chi connectivity index (χ2v) is 9.06. The maximum atomic E-state index is 12.5. The van der Waals surface area contributed by atoms with Gasteiger partial charge >= 0.3 is 0 Å². The molecule has 0 bridgehead atoms. The van der Waals surface area contributed by atoms with Gasteiger partial charge in [0.05, 0.1) is 5.69 Å². The van der Waals surface area contributed by atoms with Gasteiger partial charge in [-0.3, -0.25) is 14.5 Å². The Kier molecular flexibility index (Phi) is 6.64. The van der Waals surface area contributed by atoms with E-state index in [1.54, 1.807) is 11.8 Å². The van der Waals surface area contributed by atoms with Crippen molar-refractivity contribution in [3.05, 3.63) is 64.2 Å². The minimum Gasteiger partial charge on any atom is -0.302 e. The van der Waals surface area contributed by atoms with Crippen LogP contribution >= 0.6 is 35.3 Å². The van der Waals surface area contributed by atoms with E-state index in [1.807, 2.05) is 59.5 Å². The number of rotatable bonds is 7. The highest BCUT2D eigenvalue weighted by Crippen LogP contribution is 2.27. The Morgan fingerprint density at radius 2 is 2.03 bits per heavy atom. The summed E-state index contributed by atoms with van der Waals surface area (Å²) >= 11 is 8.48. The van der Waals surface area contributed by atoms with Crippen molar-refractivity contribution in [1.82, 2.24) is 19.7 Å². The Hall–Kier alpha value is -2.75. The van der Waals surface area contributed by atoms with Crippen molar-refractivity contribution in [2.45, 2.75) is 24.8 Å². The summed E-state index contributed by atoms with van der Waals surface area (Å²) in [6.45, 7) is 2.46. The first kappa shape index (κ1) is 21.5. The lowest BCUT2D eigenvalue weighted by Gasteiger charge is -2.07. The van der Waals surface area contributed by atoms with Crippen LogP contribution in [-0.4, -0.2) is 31.9 Å². The minimum absolute atomic E-state index is 0.114. The minimum atomic E-state index is -0.114. The third kappa shape index (κ3) is 5.12. The molecule has 0 atom stereocenters. The third-order valence-corrected chi connectivity index (χ3v) is 6.55. The normalized spacial score (nSPS) is 10.9. The number of amides is 1. The first-order chi connectivity index (χ1) is 15.0. The summed E-state index contributed by atoms with van der Waals surface area (Å²) in [5, 5.41) is 12.6. The highest BCUT2D eigenvalue weighted by molar-refractivity contribution is 7.98. The predicted octanol–water partition coefficient (Wildman–Crippen LogP) is 5.79. The molecule has 9 heteroatoms. The topological polar surface area (TPSA) is 75.6 Å². The highest BCUT2D eigenvalue weighted by Gasteiger charge is 2.12. The van der Waals surface area contributed by atoms with Crippen LogP contribution in [0.25, 0.3) is 22.6 Å². The van der Waals surface area contributed by atoms with Crippen LogP contribution in [0.15, 0.2) is 58.8 Å². The molecule has 0 spiro atoms. The molecule has 0 aliphatic carbocycles. The molecule has 0 saturated carbocycles. The Morgan fingerprint density at radius 3 is 2.77 bits per heavy atom. The fourth-order valence-corrected chi connectivity index (χ4v) is 4.52. The van der Waals surface area contributed by atoms with Crippen molar-refractivity contribution in [1.29, 1.82) is 0 Å². The summed E-state index contributed by atoms with van der Waals surface area (Å²) in [5.74, 6) is 0.614. The van der Waals surface area contributed by atoms with Crippen LogP contribution in [0.3, 0.4) is 0 Å². The zero-order valence-corrected chi connectivity index (χ0v) is 19.5. The van der Waals surface area contributed by atoms with Crippen LogP contribution in [-0.2, 0) is 11.3 Å². The summed E-state index contributed by atoms with van der Waals surface area (Å²) in [7, 11) is 0. The summed E-state index contributed by atoms with van der Waals surface area (Å²) in [6.07, 6.45) is 2.32. The van der Waals surface area contributed by atoms with Crippen LogP contribution in [0, 0.1) is 11.7 Å². The molecule has 2 aromatic carbocycles. The first-order valence-electron chi connectivity index (χ1n) is 9.65. The van der Waals surface area contributed by atoms with Crippen LogP contribution in [0.1, 0.15) is 12.0 Å². The van der Waals surface area contributed by atoms with E-state index in [2.05, 4.69) is 32.6 Å². The molecule has 6 nitrogen and oxygen atoms in total. The lowest BCUT2D eigenvalue weighted by Crippen LogP contribution is -2.15. The molecule has 4 rings (SSSR count). The highest BCUT2D eigenvalue weighted by atomic mass is 32.2. The van der Waals surface area contributed by atoms with E-state index in [0.717, 1.165) is 28.2 Å². The maximum absolute atomic E-state index is 12.5. The molecule has 0 fully saturated rings. The van der Waals surface area contributed by atoms with E-state index in [1.165, 1.54) is 16.2 Å². The van der Waals surface area contributed by atoms with E-state index in [-0.39, 0.29) is 12.3 Å². The quantitative estimate of drug-likeness (QED) is 0.266. The van der Waals surface area contributed by atoms with Gasteiger partial charge in [-0.1, -0.05) is 35.9 Å².